The van der Waals surface area contributed by atoms with Crippen LogP contribution in [-0.2, 0) is 20.0 Å². The number of nitrogens with one attached hydrogen (secondary N) is 2. The van der Waals surface area contributed by atoms with E-state index in [1.807, 2.05) is 26.8 Å². The summed E-state index contributed by atoms with van der Waals surface area (Å²) < 4.78 is 26.4. The van der Waals surface area contributed by atoms with E-state index in [4.69, 9.17) is 0 Å². The number of nitrogens with zero attached hydrogens (tertiary/aromatic N) is 2. The molecule has 1 aromatic rings. The summed E-state index contributed by atoms with van der Waals surface area (Å²) in [5.41, 5.74) is 1.93. The van der Waals surface area contributed by atoms with Gasteiger partial charge >= 0.3 is 0 Å². The molecule has 3 heterocycles. The second-order valence-electron chi connectivity index (χ2n) is 12.6. The van der Waals surface area contributed by atoms with Crippen LogP contribution in [0.25, 0.3) is 0 Å². The fourth-order valence-electron chi connectivity index (χ4n) is 5.77. The third kappa shape index (κ3) is 4.34. The van der Waals surface area contributed by atoms with Crippen LogP contribution < -0.4 is 10.6 Å². The predicted molar refractivity (Wildman–Crippen MR) is 135 cm³/mol. The smallest absolute Gasteiger partial charge is 0.250 e. The van der Waals surface area contributed by atoms with Crippen LogP contribution in [0.1, 0.15) is 72.8 Å². The van der Waals surface area contributed by atoms with Crippen molar-refractivity contribution in [3.8, 4) is 0 Å². The maximum Gasteiger partial charge on any atom is 0.250 e. The SMILES string of the molecule is CC(C)(C)CC1N=NC2=C1[C@@](C)(c1cccc(S(=O)(=O)CC3CC3)c1)C1=C(CC(C)(C)NC1=O)N2. The Bertz CT molecular complexity index is 1300. The fraction of sp³-hybridized carbons (Fsp3) is 0.593. The number of benzene rings is 1. The van der Waals surface area contributed by atoms with E-state index in [0.717, 1.165) is 36.1 Å². The van der Waals surface area contributed by atoms with Crippen molar-refractivity contribution in [2.24, 2.45) is 21.6 Å². The molecular formula is C27H36N4O3S. The topological polar surface area (TPSA) is 100.0 Å². The van der Waals surface area contributed by atoms with Gasteiger partial charge in [0, 0.05) is 23.2 Å². The van der Waals surface area contributed by atoms with Crippen molar-refractivity contribution in [3.05, 3.63) is 52.5 Å². The van der Waals surface area contributed by atoms with Gasteiger partial charge in [0.2, 0.25) is 0 Å². The average molecular weight is 497 g/mol. The standard InChI is InChI=1S/C27H36N4O3S/c1-25(2,3)13-20-21-23(31-30-20)28-19-14-26(4,5)29-24(32)22(19)27(21,6)17-8-7-9-18(12-17)35(33,34)15-16-10-11-16/h7-9,12,16,20,28H,10-11,13-15H2,1-6H3,(H,29,32)/t20?,27-/m1/s1. The van der Waals surface area contributed by atoms with Gasteiger partial charge in [-0.05, 0) is 69.1 Å². The number of carbonyl (C=O) groups is 1. The Hall–Kier alpha value is -2.48. The molecule has 8 heteroatoms. The third-order valence-electron chi connectivity index (χ3n) is 7.52. The first-order chi connectivity index (χ1) is 16.2. The van der Waals surface area contributed by atoms with E-state index in [-0.39, 0.29) is 29.0 Å². The first-order valence-corrected chi connectivity index (χ1v) is 14.2. The number of rotatable bonds is 5. The fourth-order valence-corrected chi connectivity index (χ4v) is 7.51. The van der Waals surface area contributed by atoms with Crippen LogP contribution >= 0.6 is 0 Å². The largest absolute Gasteiger partial charge is 0.347 e. The maximum atomic E-state index is 13.6. The zero-order valence-electron chi connectivity index (χ0n) is 21.5. The second kappa shape index (κ2) is 7.76. The molecule has 188 valence electrons. The number of hydrogen-bond acceptors (Lipinski definition) is 6. The minimum Gasteiger partial charge on any atom is -0.347 e. The Kier molecular flexibility index (Phi) is 5.37. The maximum absolute atomic E-state index is 13.6. The Balaban J connectivity index is 1.68. The Morgan fingerprint density at radius 3 is 2.51 bits per heavy atom. The Morgan fingerprint density at radius 1 is 1.14 bits per heavy atom. The highest BCUT2D eigenvalue weighted by atomic mass is 32.2. The van der Waals surface area contributed by atoms with Crippen molar-refractivity contribution in [2.45, 2.75) is 89.1 Å². The van der Waals surface area contributed by atoms with Crippen LogP contribution in [0.2, 0.25) is 0 Å². The van der Waals surface area contributed by atoms with Crippen molar-refractivity contribution < 1.29 is 13.2 Å². The molecule has 1 fully saturated rings. The van der Waals surface area contributed by atoms with Gasteiger partial charge in [-0.15, -0.1) is 5.11 Å². The van der Waals surface area contributed by atoms with Gasteiger partial charge in [-0.1, -0.05) is 32.9 Å². The summed E-state index contributed by atoms with van der Waals surface area (Å²) in [4.78, 5) is 14.0. The zero-order valence-corrected chi connectivity index (χ0v) is 22.3. The molecule has 0 spiro atoms. The van der Waals surface area contributed by atoms with Crippen molar-refractivity contribution in [1.82, 2.24) is 10.6 Å². The molecule has 0 aromatic heterocycles. The molecule has 1 aromatic carbocycles. The van der Waals surface area contributed by atoms with Crippen LogP contribution in [0, 0.1) is 11.3 Å². The average Bonchev–Trinajstić information content (AvgIpc) is 3.43. The van der Waals surface area contributed by atoms with Gasteiger partial charge in [-0.25, -0.2) is 8.42 Å². The van der Waals surface area contributed by atoms with Gasteiger partial charge in [-0.2, -0.15) is 5.11 Å². The number of hydrogen-bond donors (Lipinski definition) is 2. The Labute approximate surface area is 208 Å². The van der Waals surface area contributed by atoms with E-state index in [1.165, 1.54) is 0 Å². The molecule has 1 saturated carbocycles. The van der Waals surface area contributed by atoms with E-state index in [2.05, 4.69) is 41.6 Å². The van der Waals surface area contributed by atoms with Crippen LogP contribution in [0.3, 0.4) is 0 Å². The number of amides is 1. The van der Waals surface area contributed by atoms with Crippen molar-refractivity contribution in [3.63, 3.8) is 0 Å². The highest BCUT2D eigenvalue weighted by molar-refractivity contribution is 7.91. The monoisotopic (exact) mass is 496 g/mol. The summed E-state index contributed by atoms with van der Waals surface area (Å²) >= 11 is 0. The molecule has 0 bridgehead atoms. The van der Waals surface area contributed by atoms with Crippen LogP contribution in [-0.4, -0.2) is 31.7 Å². The van der Waals surface area contributed by atoms with E-state index < -0.39 is 20.8 Å². The second-order valence-corrected chi connectivity index (χ2v) is 14.7. The van der Waals surface area contributed by atoms with Crippen LogP contribution in [0.15, 0.2) is 62.1 Å². The first kappa shape index (κ1) is 24.2. The van der Waals surface area contributed by atoms with Gasteiger partial charge in [0.25, 0.3) is 5.91 Å². The summed E-state index contributed by atoms with van der Waals surface area (Å²) in [6.07, 6.45) is 3.34. The van der Waals surface area contributed by atoms with Gasteiger partial charge in [0.05, 0.1) is 27.7 Å². The van der Waals surface area contributed by atoms with E-state index >= 15 is 0 Å². The summed E-state index contributed by atoms with van der Waals surface area (Å²) in [6.45, 7) is 12.5. The van der Waals surface area contributed by atoms with Gasteiger partial charge in [-0.3, -0.25) is 4.79 Å². The molecule has 0 saturated heterocycles. The number of sulfone groups is 1. The van der Waals surface area contributed by atoms with Crippen LogP contribution in [0.4, 0.5) is 0 Å². The van der Waals surface area contributed by atoms with Crippen molar-refractivity contribution in [2.75, 3.05) is 5.75 Å². The molecule has 1 unspecified atom stereocenters. The summed E-state index contributed by atoms with van der Waals surface area (Å²) in [6, 6.07) is 6.99. The molecule has 2 N–H and O–H groups in total. The molecule has 3 aliphatic heterocycles. The normalized spacial score (nSPS) is 27.9. The quantitative estimate of drug-likeness (QED) is 0.613. The van der Waals surface area contributed by atoms with Gasteiger partial charge < -0.3 is 10.6 Å². The van der Waals surface area contributed by atoms with Gasteiger partial charge in [0.1, 0.15) is 0 Å². The predicted octanol–water partition coefficient (Wildman–Crippen LogP) is 4.77. The van der Waals surface area contributed by atoms with Crippen molar-refractivity contribution >= 4 is 15.7 Å². The molecule has 1 aliphatic carbocycles. The highest BCUT2D eigenvalue weighted by Gasteiger charge is 2.52. The van der Waals surface area contributed by atoms with Gasteiger partial charge in [0.15, 0.2) is 15.7 Å². The molecule has 35 heavy (non-hydrogen) atoms. The third-order valence-corrected chi connectivity index (χ3v) is 9.40. The van der Waals surface area contributed by atoms with Crippen molar-refractivity contribution in [1.29, 1.82) is 0 Å². The molecule has 1 amide bonds. The molecule has 4 aliphatic rings. The summed E-state index contributed by atoms with van der Waals surface area (Å²) in [7, 11) is -3.41. The number of dihydropyridines is 1. The minimum atomic E-state index is -3.41. The van der Waals surface area contributed by atoms with E-state index in [1.54, 1.807) is 18.2 Å². The molecule has 7 nitrogen and oxygen atoms in total. The van der Waals surface area contributed by atoms with E-state index in [0.29, 0.717) is 22.7 Å². The van der Waals surface area contributed by atoms with E-state index in [9.17, 15) is 13.2 Å². The summed E-state index contributed by atoms with van der Waals surface area (Å²) in [5.74, 6) is 1.00. The lowest BCUT2D eigenvalue weighted by Crippen LogP contribution is -2.55. The van der Waals surface area contributed by atoms with Crippen LogP contribution in [0.5, 0.6) is 0 Å². The lowest BCUT2D eigenvalue weighted by Gasteiger charge is -2.46. The Morgan fingerprint density at radius 2 is 1.86 bits per heavy atom. The highest BCUT2D eigenvalue weighted by Crippen LogP contribution is 2.52. The number of carbonyl (C=O) groups excluding carboxylic acids is 1. The molecule has 5 rings (SSSR count). The zero-order chi connectivity index (χ0) is 25.4. The molecule has 0 radical (unpaired) electrons. The summed E-state index contributed by atoms with van der Waals surface area (Å²) in [5, 5.41) is 15.8. The minimum absolute atomic E-state index is 0.00598. The molecule has 2 atom stereocenters. The lowest BCUT2D eigenvalue weighted by molar-refractivity contribution is -0.120. The molecular weight excluding hydrogens is 460 g/mol. The first-order valence-electron chi connectivity index (χ1n) is 12.5. The lowest BCUT2D eigenvalue weighted by atomic mass is 9.63. The number of azo groups is 1.